The molecule has 1 aliphatic heterocycles. The van der Waals surface area contributed by atoms with Gasteiger partial charge in [-0.2, -0.15) is 5.26 Å². The second-order valence-corrected chi connectivity index (χ2v) is 6.68. The molecule has 2 rings (SSSR count). The fourth-order valence-corrected chi connectivity index (χ4v) is 3.35. The van der Waals surface area contributed by atoms with Gasteiger partial charge in [0, 0.05) is 18.4 Å². The fourth-order valence-electron chi connectivity index (χ4n) is 3.35. The molecule has 0 aromatic rings. The molecule has 0 atom stereocenters. The molecule has 0 aromatic heterocycles. The van der Waals surface area contributed by atoms with Crippen molar-refractivity contribution in [2.45, 2.75) is 77.1 Å². The summed E-state index contributed by atoms with van der Waals surface area (Å²) in [5.41, 5.74) is 0. The van der Waals surface area contributed by atoms with Crippen molar-refractivity contribution >= 4 is 0 Å². The van der Waals surface area contributed by atoms with Crippen molar-refractivity contribution in [1.29, 1.82) is 5.26 Å². The van der Waals surface area contributed by atoms with Gasteiger partial charge in [0.25, 0.3) is 0 Å². The van der Waals surface area contributed by atoms with Crippen LogP contribution in [0, 0.1) is 23.2 Å². The maximum Gasteiger partial charge on any atom is 0.160 e. The first-order valence-electron chi connectivity index (χ1n) is 9.08. The van der Waals surface area contributed by atoms with Crippen LogP contribution in [0.2, 0.25) is 0 Å². The van der Waals surface area contributed by atoms with Crippen molar-refractivity contribution in [1.82, 2.24) is 0 Å². The number of unbranched alkanes of at least 4 members (excludes halogenated alkanes) is 4. The van der Waals surface area contributed by atoms with Crippen LogP contribution in [-0.2, 0) is 14.2 Å². The van der Waals surface area contributed by atoms with Gasteiger partial charge >= 0.3 is 0 Å². The van der Waals surface area contributed by atoms with E-state index < -0.39 is 0 Å². The number of rotatable bonds is 8. The number of nitriles is 1. The maximum atomic E-state index is 8.94. The van der Waals surface area contributed by atoms with Gasteiger partial charge in [0.1, 0.15) is 6.10 Å². The van der Waals surface area contributed by atoms with E-state index in [4.69, 9.17) is 19.5 Å². The summed E-state index contributed by atoms with van der Waals surface area (Å²) in [4.78, 5) is 0. The summed E-state index contributed by atoms with van der Waals surface area (Å²) in [6.45, 7) is 4.35. The Morgan fingerprint density at radius 2 is 1.68 bits per heavy atom. The molecule has 0 unspecified atom stereocenters. The molecule has 22 heavy (non-hydrogen) atoms. The lowest BCUT2D eigenvalue weighted by atomic mass is 9.82. The van der Waals surface area contributed by atoms with Crippen LogP contribution in [0.4, 0.5) is 0 Å². The van der Waals surface area contributed by atoms with Crippen molar-refractivity contribution in [3.8, 4) is 6.07 Å². The Kier molecular flexibility index (Phi) is 8.22. The minimum absolute atomic E-state index is 0.0796. The van der Waals surface area contributed by atoms with Gasteiger partial charge in [0.15, 0.2) is 6.29 Å². The Hall–Kier alpha value is -0.630. The Bertz CT molecular complexity index is 326. The minimum Gasteiger partial charge on any atom is -0.373 e. The average molecular weight is 309 g/mol. The molecule has 1 saturated heterocycles. The largest absolute Gasteiger partial charge is 0.373 e. The molecule has 2 aliphatic rings. The lowest BCUT2D eigenvalue weighted by Gasteiger charge is -2.36. The third-order valence-corrected chi connectivity index (χ3v) is 4.83. The predicted molar refractivity (Wildman–Crippen MR) is 85.3 cm³/mol. The summed E-state index contributed by atoms with van der Waals surface area (Å²) < 4.78 is 17.6. The highest BCUT2D eigenvalue weighted by Crippen LogP contribution is 2.33. The fraction of sp³-hybridized carbons (Fsp3) is 0.944. The summed E-state index contributed by atoms with van der Waals surface area (Å²) in [7, 11) is 0. The highest BCUT2D eigenvalue weighted by Gasteiger charge is 2.32. The van der Waals surface area contributed by atoms with E-state index in [2.05, 4.69) is 13.0 Å². The van der Waals surface area contributed by atoms with Crippen LogP contribution in [0.25, 0.3) is 0 Å². The summed E-state index contributed by atoms with van der Waals surface area (Å²) in [5, 5.41) is 8.94. The number of hydrogen-bond donors (Lipinski definition) is 0. The van der Waals surface area contributed by atoms with Gasteiger partial charge in [0.05, 0.1) is 19.3 Å². The van der Waals surface area contributed by atoms with Crippen LogP contribution >= 0.6 is 0 Å². The lowest BCUT2D eigenvalue weighted by Crippen LogP contribution is -2.42. The maximum absolute atomic E-state index is 8.94. The van der Waals surface area contributed by atoms with Gasteiger partial charge in [-0.15, -0.1) is 0 Å². The molecular weight excluding hydrogens is 278 g/mol. The van der Waals surface area contributed by atoms with Crippen molar-refractivity contribution in [2.24, 2.45) is 11.8 Å². The molecule has 4 heteroatoms. The SMILES string of the molecule is CCCCCCCOC1COC(C2CCC(C#N)CC2)OC1. The summed E-state index contributed by atoms with van der Waals surface area (Å²) in [5.74, 6) is 0.697. The second kappa shape index (κ2) is 10.2. The Morgan fingerprint density at radius 3 is 2.32 bits per heavy atom. The highest BCUT2D eigenvalue weighted by molar-refractivity contribution is 4.88. The van der Waals surface area contributed by atoms with Crippen LogP contribution in [0.15, 0.2) is 0 Å². The van der Waals surface area contributed by atoms with E-state index in [9.17, 15) is 0 Å². The van der Waals surface area contributed by atoms with Crippen LogP contribution in [0.3, 0.4) is 0 Å². The lowest BCUT2D eigenvalue weighted by molar-refractivity contribution is -0.249. The van der Waals surface area contributed by atoms with E-state index in [-0.39, 0.29) is 18.3 Å². The Morgan fingerprint density at radius 1 is 1.00 bits per heavy atom. The van der Waals surface area contributed by atoms with Gasteiger partial charge < -0.3 is 14.2 Å². The summed E-state index contributed by atoms with van der Waals surface area (Å²) >= 11 is 0. The van der Waals surface area contributed by atoms with E-state index in [1.54, 1.807) is 0 Å². The van der Waals surface area contributed by atoms with Crippen LogP contribution in [0.1, 0.15) is 64.7 Å². The molecule has 0 amide bonds. The smallest absolute Gasteiger partial charge is 0.160 e. The quantitative estimate of drug-likeness (QED) is 0.635. The molecule has 0 bridgehead atoms. The van der Waals surface area contributed by atoms with Crippen molar-refractivity contribution in [3.63, 3.8) is 0 Å². The van der Waals surface area contributed by atoms with Gasteiger partial charge in [-0.25, -0.2) is 0 Å². The summed E-state index contributed by atoms with van der Waals surface area (Å²) in [6.07, 6.45) is 10.4. The molecule has 126 valence electrons. The van der Waals surface area contributed by atoms with Crippen molar-refractivity contribution in [2.75, 3.05) is 19.8 Å². The first-order valence-corrected chi connectivity index (χ1v) is 9.08. The summed E-state index contributed by atoms with van der Waals surface area (Å²) in [6, 6.07) is 2.37. The van der Waals surface area contributed by atoms with Gasteiger partial charge in [-0.1, -0.05) is 32.6 Å². The molecule has 4 nitrogen and oxygen atoms in total. The molecule has 2 fully saturated rings. The number of ether oxygens (including phenoxy) is 3. The standard InChI is InChI=1S/C18H31NO3/c1-2-3-4-5-6-11-20-17-13-21-18(22-14-17)16-9-7-15(12-19)8-10-16/h15-18H,2-11,13-14H2,1H3. The zero-order chi connectivity index (χ0) is 15.6. The van der Waals surface area contributed by atoms with Crippen LogP contribution in [0.5, 0.6) is 0 Å². The van der Waals surface area contributed by atoms with E-state index >= 15 is 0 Å². The molecular formula is C18H31NO3. The van der Waals surface area contributed by atoms with Crippen molar-refractivity contribution < 1.29 is 14.2 Å². The van der Waals surface area contributed by atoms with E-state index in [1.807, 2.05) is 0 Å². The van der Waals surface area contributed by atoms with Gasteiger partial charge in [-0.05, 0) is 32.1 Å². The van der Waals surface area contributed by atoms with Crippen molar-refractivity contribution in [3.05, 3.63) is 0 Å². The monoisotopic (exact) mass is 309 g/mol. The number of nitrogens with zero attached hydrogens (tertiary/aromatic N) is 1. The van der Waals surface area contributed by atoms with Crippen LogP contribution < -0.4 is 0 Å². The zero-order valence-electron chi connectivity index (χ0n) is 14.0. The van der Waals surface area contributed by atoms with E-state index in [0.717, 1.165) is 38.7 Å². The van der Waals surface area contributed by atoms with E-state index in [1.165, 1.54) is 25.7 Å². The molecule has 0 N–H and O–H groups in total. The highest BCUT2D eigenvalue weighted by atomic mass is 16.7. The Balaban J connectivity index is 1.53. The first kappa shape index (κ1) is 17.7. The molecule has 0 aromatic carbocycles. The van der Waals surface area contributed by atoms with E-state index in [0.29, 0.717) is 19.1 Å². The third kappa shape index (κ3) is 5.87. The van der Waals surface area contributed by atoms with Crippen LogP contribution in [-0.4, -0.2) is 32.2 Å². The minimum atomic E-state index is -0.0796. The molecule has 1 aliphatic carbocycles. The Labute approximate surface area is 135 Å². The molecule has 0 radical (unpaired) electrons. The van der Waals surface area contributed by atoms with Gasteiger partial charge in [0.2, 0.25) is 0 Å². The molecule has 1 heterocycles. The van der Waals surface area contributed by atoms with Gasteiger partial charge in [-0.3, -0.25) is 0 Å². The molecule has 1 saturated carbocycles. The predicted octanol–water partition coefficient (Wildman–Crippen LogP) is 4.04. The third-order valence-electron chi connectivity index (χ3n) is 4.83. The average Bonchev–Trinajstić information content (AvgIpc) is 2.59. The first-order chi connectivity index (χ1) is 10.8. The zero-order valence-corrected chi connectivity index (χ0v) is 14.0. The number of hydrogen-bond acceptors (Lipinski definition) is 4. The normalized spacial score (nSPS) is 32.5. The molecule has 0 spiro atoms. The topological polar surface area (TPSA) is 51.5 Å². The second-order valence-electron chi connectivity index (χ2n) is 6.68.